The Balaban J connectivity index is 1.54. The summed E-state index contributed by atoms with van der Waals surface area (Å²) in [7, 11) is 0. The zero-order valence-electron chi connectivity index (χ0n) is 13.8. The van der Waals surface area contributed by atoms with Crippen molar-refractivity contribution in [1.82, 2.24) is 20.1 Å². The summed E-state index contributed by atoms with van der Waals surface area (Å²) in [5.74, 6) is 1.95. The average molecular weight is 365 g/mol. The highest BCUT2D eigenvalue weighted by atomic mass is 35.5. The Morgan fingerprint density at radius 2 is 2.08 bits per heavy atom. The number of nitrogens with zero attached hydrogens (tertiary/aromatic N) is 3. The minimum absolute atomic E-state index is 0.0129. The van der Waals surface area contributed by atoms with Crippen molar-refractivity contribution >= 4 is 29.3 Å². The Morgan fingerprint density at radius 3 is 2.71 bits per heavy atom. The van der Waals surface area contributed by atoms with Gasteiger partial charge in [0.15, 0.2) is 5.16 Å². The summed E-state index contributed by atoms with van der Waals surface area (Å²) in [4.78, 5) is 12.2. The van der Waals surface area contributed by atoms with Crippen LogP contribution in [0.1, 0.15) is 50.0 Å². The number of carbonyl (C=O) groups excluding carboxylic acids is 1. The van der Waals surface area contributed by atoms with Crippen molar-refractivity contribution in [3.05, 3.63) is 40.7 Å². The lowest BCUT2D eigenvalue weighted by Gasteiger charge is -2.14. The molecule has 24 heavy (non-hydrogen) atoms. The first-order valence-corrected chi connectivity index (χ1v) is 9.55. The third kappa shape index (κ3) is 4.11. The topological polar surface area (TPSA) is 59.8 Å². The van der Waals surface area contributed by atoms with E-state index in [2.05, 4.69) is 27.0 Å². The zero-order chi connectivity index (χ0) is 17.1. The molecular formula is C17H21ClN4OS. The van der Waals surface area contributed by atoms with E-state index in [1.54, 1.807) is 0 Å². The highest BCUT2D eigenvalue weighted by molar-refractivity contribution is 7.99. The van der Waals surface area contributed by atoms with Gasteiger partial charge in [0.25, 0.3) is 0 Å². The lowest BCUT2D eigenvalue weighted by molar-refractivity contribution is -0.119. The molecule has 1 saturated carbocycles. The van der Waals surface area contributed by atoms with Crippen LogP contribution < -0.4 is 5.32 Å². The van der Waals surface area contributed by atoms with Gasteiger partial charge in [-0.15, -0.1) is 10.2 Å². The second kappa shape index (κ2) is 7.57. The van der Waals surface area contributed by atoms with Crippen LogP contribution in [0.25, 0.3) is 0 Å². The molecule has 1 amide bonds. The van der Waals surface area contributed by atoms with E-state index < -0.39 is 0 Å². The van der Waals surface area contributed by atoms with E-state index in [0.717, 1.165) is 23.1 Å². The van der Waals surface area contributed by atoms with Crippen molar-refractivity contribution < 1.29 is 4.79 Å². The summed E-state index contributed by atoms with van der Waals surface area (Å²) in [6.07, 6.45) is 2.39. The molecule has 0 saturated heterocycles. The van der Waals surface area contributed by atoms with Crippen LogP contribution in [0.15, 0.2) is 29.4 Å². The highest BCUT2D eigenvalue weighted by Crippen LogP contribution is 2.39. The molecule has 128 valence electrons. The van der Waals surface area contributed by atoms with Crippen molar-refractivity contribution in [2.45, 2.75) is 50.4 Å². The molecule has 3 rings (SSSR count). The van der Waals surface area contributed by atoms with Crippen LogP contribution in [0.5, 0.6) is 0 Å². The molecule has 5 nitrogen and oxygen atoms in total. The standard InChI is InChI=1S/C17H21ClN4OS/c1-3-22-16(13-4-5-13)20-21-17(22)24-10-15(23)19-11(2)12-6-8-14(18)9-7-12/h6-9,11,13H,3-5,10H2,1-2H3,(H,19,23)/t11-/m0/s1. The molecule has 0 bridgehead atoms. The minimum Gasteiger partial charge on any atom is -0.349 e. The Labute approximate surface area is 151 Å². The van der Waals surface area contributed by atoms with E-state index in [4.69, 9.17) is 11.6 Å². The van der Waals surface area contributed by atoms with E-state index in [9.17, 15) is 4.79 Å². The monoisotopic (exact) mass is 364 g/mol. The van der Waals surface area contributed by atoms with E-state index >= 15 is 0 Å². The third-order valence-corrected chi connectivity index (χ3v) is 5.30. The molecule has 1 aliphatic rings. The summed E-state index contributed by atoms with van der Waals surface area (Å²) in [5, 5.41) is 13.1. The smallest absolute Gasteiger partial charge is 0.230 e. The van der Waals surface area contributed by atoms with E-state index in [1.165, 1.54) is 24.6 Å². The van der Waals surface area contributed by atoms with Crippen LogP contribution in [0.2, 0.25) is 5.02 Å². The summed E-state index contributed by atoms with van der Waals surface area (Å²) in [6.45, 7) is 4.89. The van der Waals surface area contributed by atoms with Crippen LogP contribution in [0, 0.1) is 0 Å². The first-order chi connectivity index (χ1) is 11.6. The van der Waals surface area contributed by atoms with E-state index in [0.29, 0.717) is 16.7 Å². The Morgan fingerprint density at radius 1 is 1.38 bits per heavy atom. The molecule has 0 radical (unpaired) electrons. The molecule has 0 unspecified atom stereocenters. The molecule has 7 heteroatoms. The van der Waals surface area contributed by atoms with Gasteiger partial charge in [-0.3, -0.25) is 4.79 Å². The van der Waals surface area contributed by atoms with Gasteiger partial charge in [-0.25, -0.2) is 0 Å². The first-order valence-electron chi connectivity index (χ1n) is 8.19. The van der Waals surface area contributed by atoms with Gasteiger partial charge < -0.3 is 9.88 Å². The van der Waals surface area contributed by atoms with Gasteiger partial charge in [0.1, 0.15) is 5.82 Å². The molecular weight excluding hydrogens is 344 g/mol. The van der Waals surface area contributed by atoms with Crippen molar-refractivity contribution in [2.75, 3.05) is 5.75 Å². The van der Waals surface area contributed by atoms with Crippen LogP contribution in [0.3, 0.4) is 0 Å². The van der Waals surface area contributed by atoms with Gasteiger partial charge in [-0.05, 0) is 44.4 Å². The molecule has 1 atom stereocenters. The summed E-state index contributed by atoms with van der Waals surface area (Å²) in [6, 6.07) is 7.46. The predicted molar refractivity (Wildman–Crippen MR) is 96.4 cm³/mol. The number of carbonyl (C=O) groups is 1. The maximum atomic E-state index is 12.2. The quantitative estimate of drug-likeness (QED) is 0.759. The van der Waals surface area contributed by atoms with Gasteiger partial charge in [0.2, 0.25) is 5.91 Å². The number of aromatic nitrogens is 3. The van der Waals surface area contributed by atoms with Gasteiger partial charge in [-0.2, -0.15) is 0 Å². The average Bonchev–Trinajstić information content (AvgIpc) is 3.33. The Bertz CT molecular complexity index is 712. The summed E-state index contributed by atoms with van der Waals surface area (Å²) in [5.41, 5.74) is 1.03. The van der Waals surface area contributed by atoms with Gasteiger partial charge in [0.05, 0.1) is 11.8 Å². The first kappa shape index (κ1) is 17.3. The number of benzene rings is 1. The van der Waals surface area contributed by atoms with Crippen LogP contribution in [0.4, 0.5) is 0 Å². The maximum absolute atomic E-state index is 12.2. The number of halogens is 1. The highest BCUT2D eigenvalue weighted by Gasteiger charge is 2.30. The van der Waals surface area contributed by atoms with Crippen molar-refractivity contribution in [3.8, 4) is 0 Å². The lowest BCUT2D eigenvalue weighted by atomic mass is 10.1. The normalized spacial score (nSPS) is 15.3. The molecule has 0 spiro atoms. The van der Waals surface area contributed by atoms with Crippen molar-refractivity contribution in [1.29, 1.82) is 0 Å². The predicted octanol–water partition coefficient (Wildman–Crippen LogP) is 3.80. The molecule has 1 aliphatic carbocycles. The summed E-state index contributed by atoms with van der Waals surface area (Å²) >= 11 is 7.33. The lowest BCUT2D eigenvalue weighted by Crippen LogP contribution is -2.28. The number of thioether (sulfide) groups is 1. The largest absolute Gasteiger partial charge is 0.349 e. The SMILES string of the molecule is CCn1c(SCC(=O)N[C@@H](C)c2ccc(Cl)cc2)nnc1C1CC1. The van der Waals surface area contributed by atoms with Crippen LogP contribution in [-0.4, -0.2) is 26.4 Å². The Hall–Kier alpha value is -1.53. The van der Waals surface area contributed by atoms with Gasteiger partial charge in [-0.1, -0.05) is 35.5 Å². The molecule has 1 fully saturated rings. The molecule has 1 aromatic heterocycles. The number of rotatable bonds is 7. The van der Waals surface area contributed by atoms with Crippen LogP contribution in [-0.2, 0) is 11.3 Å². The maximum Gasteiger partial charge on any atom is 0.230 e. The van der Waals surface area contributed by atoms with Crippen molar-refractivity contribution in [2.24, 2.45) is 0 Å². The van der Waals surface area contributed by atoms with Crippen molar-refractivity contribution in [3.63, 3.8) is 0 Å². The van der Waals surface area contributed by atoms with Gasteiger partial charge in [0, 0.05) is 17.5 Å². The molecule has 1 aromatic carbocycles. The van der Waals surface area contributed by atoms with E-state index in [1.807, 2.05) is 31.2 Å². The number of amides is 1. The fourth-order valence-electron chi connectivity index (χ4n) is 2.60. The zero-order valence-corrected chi connectivity index (χ0v) is 15.4. The second-order valence-electron chi connectivity index (χ2n) is 5.99. The second-order valence-corrected chi connectivity index (χ2v) is 7.37. The molecule has 2 aromatic rings. The fraction of sp³-hybridized carbons (Fsp3) is 0.471. The third-order valence-electron chi connectivity index (χ3n) is 4.08. The molecule has 1 heterocycles. The molecule has 1 N–H and O–H groups in total. The summed E-state index contributed by atoms with van der Waals surface area (Å²) < 4.78 is 2.12. The number of nitrogens with one attached hydrogen (secondary N) is 1. The van der Waals surface area contributed by atoms with Crippen LogP contribution >= 0.6 is 23.4 Å². The number of hydrogen-bond acceptors (Lipinski definition) is 4. The fourth-order valence-corrected chi connectivity index (χ4v) is 3.54. The Kier molecular flexibility index (Phi) is 5.46. The number of hydrogen-bond donors (Lipinski definition) is 1. The minimum atomic E-state index is -0.0542. The molecule has 0 aliphatic heterocycles. The van der Waals surface area contributed by atoms with Gasteiger partial charge >= 0.3 is 0 Å². The van der Waals surface area contributed by atoms with E-state index in [-0.39, 0.29) is 11.9 Å².